The van der Waals surface area contributed by atoms with Crippen LogP contribution in [-0.2, 0) is 0 Å². The van der Waals surface area contributed by atoms with Crippen LogP contribution in [0.2, 0.25) is 0 Å². The summed E-state index contributed by atoms with van der Waals surface area (Å²) in [5, 5.41) is 13.3. The molecule has 0 bridgehead atoms. The SMILES string of the molecule is COc1ccc2c(Nc3cccc(C(=O)O)c3)cc(C)nc2c1. The second-order valence-electron chi connectivity index (χ2n) is 5.21. The van der Waals surface area contributed by atoms with E-state index in [4.69, 9.17) is 9.84 Å². The Hall–Kier alpha value is -3.08. The summed E-state index contributed by atoms with van der Waals surface area (Å²) >= 11 is 0. The number of hydrogen-bond acceptors (Lipinski definition) is 4. The Morgan fingerprint density at radius 3 is 2.74 bits per heavy atom. The molecule has 5 nitrogen and oxygen atoms in total. The minimum Gasteiger partial charge on any atom is -0.497 e. The average molecular weight is 308 g/mol. The smallest absolute Gasteiger partial charge is 0.335 e. The van der Waals surface area contributed by atoms with Crippen LogP contribution < -0.4 is 10.1 Å². The molecule has 0 saturated heterocycles. The van der Waals surface area contributed by atoms with Crippen LogP contribution in [0, 0.1) is 6.92 Å². The molecule has 1 aromatic heterocycles. The van der Waals surface area contributed by atoms with Crippen molar-refractivity contribution >= 4 is 28.2 Å². The number of rotatable bonds is 4. The molecule has 0 aliphatic heterocycles. The van der Waals surface area contributed by atoms with Crippen LogP contribution in [0.15, 0.2) is 48.5 Å². The van der Waals surface area contributed by atoms with Gasteiger partial charge in [-0.05, 0) is 43.3 Å². The van der Waals surface area contributed by atoms with Crippen LogP contribution >= 0.6 is 0 Å². The molecule has 23 heavy (non-hydrogen) atoms. The highest BCUT2D eigenvalue weighted by Gasteiger charge is 2.08. The van der Waals surface area contributed by atoms with Crippen molar-refractivity contribution in [3.63, 3.8) is 0 Å². The molecular weight excluding hydrogens is 292 g/mol. The van der Waals surface area contributed by atoms with Gasteiger partial charge in [-0.15, -0.1) is 0 Å². The van der Waals surface area contributed by atoms with Crippen LogP contribution in [0.25, 0.3) is 10.9 Å². The lowest BCUT2D eigenvalue weighted by molar-refractivity contribution is 0.0697. The Bertz CT molecular complexity index is 891. The van der Waals surface area contributed by atoms with Crippen LogP contribution in [0.4, 0.5) is 11.4 Å². The number of pyridine rings is 1. The number of nitrogens with one attached hydrogen (secondary N) is 1. The Kier molecular flexibility index (Phi) is 3.85. The third-order valence-electron chi connectivity index (χ3n) is 3.53. The molecule has 3 aromatic rings. The number of nitrogens with zero attached hydrogens (tertiary/aromatic N) is 1. The molecule has 3 rings (SSSR count). The number of ether oxygens (including phenoxy) is 1. The minimum absolute atomic E-state index is 0.242. The van der Waals surface area contributed by atoms with Gasteiger partial charge in [-0.1, -0.05) is 6.07 Å². The largest absolute Gasteiger partial charge is 0.497 e. The number of anilines is 2. The van der Waals surface area contributed by atoms with E-state index in [1.165, 1.54) is 0 Å². The average Bonchev–Trinajstić information content (AvgIpc) is 2.54. The topological polar surface area (TPSA) is 71.5 Å². The molecule has 0 saturated carbocycles. The summed E-state index contributed by atoms with van der Waals surface area (Å²) < 4.78 is 5.24. The standard InChI is InChI=1S/C18H16N2O3/c1-11-8-16(15-7-6-14(23-2)10-17(15)19-11)20-13-5-3-4-12(9-13)18(21)22/h3-10H,1-2H3,(H,19,20)(H,21,22). The number of aromatic nitrogens is 1. The highest BCUT2D eigenvalue weighted by atomic mass is 16.5. The summed E-state index contributed by atoms with van der Waals surface area (Å²) in [6.07, 6.45) is 0. The van der Waals surface area contributed by atoms with E-state index >= 15 is 0 Å². The zero-order chi connectivity index (χ0) is 16.4. The third-order valence-corrected chi connectivity index (χ3v) is 3.53. The van der Waals surface area contributed by atoms with Crippen molar-refractivity contribution in [2.45, 2.75) is 6.92 Å². The molecule has 0 aliphatic rings. The second-order valence-corrected chi connectivity index (χ2v) is 5.21. The van der Waals surface area contributed by atoms with Crippen molar-refractivity contribution in [1.82, 2.24) is 4.98 Å². The highest BCUT2D eigenvalue weighted by Crippen LogP contribution is 2.29. The molecule has 2 aromatic carbocycles. The molecule has 2 N–H and O–H groups in total. The second kappa shape index (κ2) is 5.96. The maximum atomic E-state index is 11.1. The molecule has 0 fully saturated rings. The van der Waals surface area contributed by atoms with Crippen molar-refractivity contribution in [2.75, 3.05) is 12.4 Å². The summed E-state index contributed by atoms with van der Waals surface area (Å²) in [6, 6.07) is 14.3. The van der Waals surface area contributed by atoms with Gasteiger partial charge in [-0.3, -0.25) is 4.98 Å². The van der Waals surface area contributed by atoms with Crippen LogP contribution in [-0.4, -0.2) is 23.2 Å². The van der Waals surface area contributed by atoms with Crippen molar-refractivity contribution < 1.29 is 14.6 Å². The zero-order valence-corrected chi connectivity index (χ0v) is 12.8. The Morgan fingerprint density at radius 1 is 1.17 bits per heavy atom. The van der Waals surface area contributed by atoms with Gasteiger partial charge in [0.2, 0.25) is 0 Å². The van der Waals surface area contributed by atoms with Gasteiger partial charge in [0.05, 0.1) is 18.2 Å². The molecule has 116 valence electrons. The van der Waals surface area contributed by atoms with Gasteiger partial charge in [0.25, 0.3) is 0 Å². The van der Waals surface area contributed by atoms with Crippen molar-refractivity contribution in [3.8, 4) is 5.75 Å². The lowest BCUT2D eigenvalue weighted by atomic mass is 10.1. The fraction of sp³-hybridized carbons (Fsp3) is 0.111. The molecular formula is C18H16N2O3. The minimum atomic E-state index is -0.950. The highest BCUT2D eigenvalue weighted by molar-refractivity contribution is 5.95. The van der Waals surface area contributed by atoms with E-state index in [0.29, 0.717) is 5.69 Å². The predicted molar refractivity (Wildman–Crippen MR) is 89.7 cm³/mol. The Labute approximate surface area is 133 Å². The first kappa shape index (κ1) is 14.8. The molecule has 0 aliphatic carbocycles. The van der Waals surface area contributed by atoms with E-state index < -0.39 is 5.97 Å². The summed E-state index contributed by atoms with van der Waals surface area (Å²) in [6.45, 7) is 1.91. The summed E-state index contributed by atoms with van der Waals surface area (Å²) in [4.78, 5) is 15.6. The van der Waals surface area contributed by atoms with Gasteiger partial charge in [0.1, 0.15) is 5.75 Å². The summed E-state index contributed by atoms with van der Waals surface area (Å²) in [5.41, 5.74) is 3.51. The number of aryl methyl sites for hydroxylation is 1. The number of methoxy groups -OCH3 is 1. The maximum Gasteiger partial charge on any atom is 0.335 e. The van der Waals surface area contributed by atoms with Crippen molar-refractivity contribution in [3.05, 3.63) is 59.8 Å². The summed E-state index contributed by atoms with van der Waals surface area (Å²) in [7, 11) is 1.62. The molecule has 0 spiro atoms. The van der Waals surface area contributed by atoms with E-state index in [1.54, 1.807) is 25.3 Å². The van der Waals surface area contributed by atoms with E-state index in [9.17, 15) is 4.79 Å². The fourth-order valence-corrected chi connectivity index (χ4v) is 2.46. The normalized spacial score (nSPS) is 10.5. The Balaban J connectivity index is 2.06. The lowest BCUT2D eigenvalue weighted by Gasteiger charge is -2.12. The van der Waals surface area contributed by atoms with Crippen LogP contribution in [0.1, 0.15) is 16.1 Å². The van der Waals surface area contributed by atoms with Crippen LogP contribution in [0.3, 0.4) is 0 Å². The Morgan fingerprint density at radius 2 is 2.00 bits per heavy atom. The number of carboxylic acids is 1. The van der Waals surface area contributed by atoms with Gasteiger partial charge >= 0.3 is 5.97 Å². The van der Waals surface area contributed by atoms with Gasteiger partial charge < -0.3 is 15.2 Å². The number of hydrogen-bond donors (Lipinski definition) is 2. The molecule has 0 amide bonds. The van der Waals surface area contributed by atoms with Gasteiger partial charge in [0.15, 0.2) is 0 Å². The number of carboxylic acid groups (broad SMARTS) is 1. The third kappa shape index (κ3) is 3.08. The summed E-state index contributed by atoms with van der Waals surface area (Å²) in [5.74, 6) is -0.205. The van der Waals surface area contributed by atoms with Gasteiger partial charge in [0, 0.05) is 28.5 Å². The van der Waals surface area contributed by atoms with Crippen LogP contribution in [0.5, 0.6) is 5.75 Å². The molecule has 0 unspecified atom stereocenters. The maximum absolute atomic E-state index is 11.1. The van der Waals surface area contributed by atoms with E-state index in [0.717, 1.165) is 28.0 Å². The number of carbonyl (C=O) groups is 1. The zero-order valence-electron chi connectivity index (χ0n) is 12.8. The molecule has 0 radical (unpaired) electrons. The first-order valence-corrected chi connectivity index (χ1v) is 7.12. The first-order chi connectivity index (χ1) is 11.1. The molecule has 1 heterocycles. The quantitative estimate of drug-likeness (QED) is 0.762. The number of aromatic carboxylic acids is 1. The van der Waals surface area contributed by atoms with E-state index in [-0.39, 0.29) is 5.56 Å². The van der Waals surface area contributed by atoms with Gasteiger partial charge in [-0.25, -0.2) is 4.79 Å². The number of fused-ring (bicyclic) bond motifs is 1. The van der Waals surface area contributed by atoms with Gasteiger partial charge in [-0.2, -0.15) is 0 Å². The molecule has 5 heteroatoms. The fourth-order valence-electron chi connectivity index (χ4n) is 2.46. The molecule has 0 atom stereocenters. The monoisotopic (exact) mass is 308 g/mol. The predicted octanol–water partition coefficient (Wildman–Crippen LogP) is 3.99. The first-order valence-electron chi connectivity index (χ1n) is 7.12. The van der Waals surface area contributed by atoms with Crippen molar-refractivity contribution in [2.24, 2.45) is 0 Å². The van der Waals surface area contributed by atoms with E-state index in [2.05, 4.69) is 10.3 Å². The van der Waals surface area contributed by atoms with E-state index in [1.807, 2.05) is 37.3 Å². The number of benzene rings is 2. The van der Waals surface area contributed by atoms with Crippen molar-refractivity contribution in [1.29, 1.82) is 0 Å². The lowest BCUT2D eigenvalue weighted by Crippen LogP contribution is -1.99.